The average Bonchev–Trinajstić information content (AvgIpc) is 3.70. The molecule has 7 nitrogen and oxygen atoms in total. The molecular weight excluding hydrogens is 582 g/mol. The summed E-state index contributed by atoms with van der Waals surface area (Å²) < 4.78 is 49.8. The van der Waals surface area contributed by atoms with Gasteiger partial charge in [0.05, 0.1) is 37.2 Å². The SMILES string of the molecule is COc1ccc(C(C)(C)c2cnc(SC3(COc4ccc(-n5ccnc5)cc4F)CCC3)n2-c2ccc(F)cc2)cc1OC. The number of imidazole rings is 2. The molecule has 6 rings (SSSR count). The van der Waals surface area contributed by atoms with Crippen molar-refractivity contribution in [3.8, 4) is 28.6 Å². The van der Waals surface area contributed by atoms with Gasteiger partial charge in [-0.05, 0) is 66.9 Å². The molecule has 0 bridgehead atoms. The summed E-state index contributed by atoms with van der Waals surface area (Å²) in [4.78, 5) is 8.93. The van der Waals surface area contributed by atoms with Gasteiger partial charge in [0.2, 0.25) is 0 Å². The van der Waals surface area contributed by atoms with Crippen LogP contribution >= 0.6 is 11.8 Å². The summed E-state index contributed by atoms with van der Waals surface area (Å²) in [6.45, 7) is 4.57. The molecule has 0 spiro atoms. The number of benzene rings is 3. The Kier molecular flexibility index (Phi) is 8.11. The quantitative estimate of drug-likeness (QED) is 0.151. The smallest absolute Gasteiger partial charge is 0.173 e. The number of hydrogen-bond acceptors (Lipinski definition) is 6. The summed E-state index contributed by atoms with van der Waals surface area (Å²) >= 11 is 1.63. The van der Waals surface area contributed by atoms with E-state index in [1.165, 1.54) is 18.2 Å². The topological polar surface area (TPSA) is 63.3 Å². The Bertz CT molecular complexity index is 1750. The predicted molar refractivity (Wildman–Crippen MR) is 167 cm³/mol. The maximum absolute atomic E-state index is 15.1. The normalized spacial score (nSPS) is 14.2. The molecular formula is C34H34F2N4O3S. The number of ether oxygens (including phenoxy) is 3. The Labute approximate surface area is 259 Å². The van der Waals surface area contributed by atoms with Gasteiger partial charge in [-0.1, -0.05) is 38.1 Å². The van der Waals surface area contributed by atoms with E-state index in [0.29, 0.717) is 23.8 Å². The Hall–Kier alpha value is -4.31. The highest BCUT2D eigenvalue weighted by Crippen LogP contribution is 2.49. The zero-order chi connectivity index (χ0) is 30.9. The molecule has 0 saturated heterocycles. The molecule has 3 aromatic carbocycles. The summed E-state index contributed by atoms with van der Waals surface area (Å²) in [6.07, 6.45) is 9.76. The number of halogens is 2. The molecule has 228 valence electrons. The van der Waals surface area contributed by atoms with Crippen LogP contribution < -0.4 is 14.2 Å². The van der Waals surface area contributed by atoms with E-state index < -0.39 is 11.2 Å². The first-order chi connectivity index (χ1) is 21.2. The molecule has 1 fully saturated rings. The monoisotopic (exact) mass is 616 g/mol. The van der Waals surface area contributed by atoms with Crippen molar-refractivity contribution in [2.45, 2.75) is 48.4 Å². The van der Waals surface area contributed by atoms with Crippen LogP contribution in [0, 0.1) is 11.6 Å². The molecule has 0 atom stereocenters. The fraction of sp³-hybridized carbons (Fsp3) is 0.294. The predicted octanol–water partition coefficient (Wildman–Crippen LogP) is 7.77. The summed E-state index contributed by atoms with van der Waals surface area (Å²) in [5.74, 6) is 0.750. The highest BCUT2D eigenvalue weighted by Gasteiger charge is 2.42. The van der Waals surface area contributed by atoms with E-state index in [2.05, 4.69) is 23.4 Å². The van der Waals surface area contributed by atoms with Gasteiger partial charge in [0, 0.05) is 35.2 Å². The molecule has 2 heterocycles. The van der Waals surface area contributed by atoms with E-state index >= 15 is 4.39 Å². The summed E-state index contributed by atoms with van der Waals surface area (Å²) in [5.41, 5.74) is 2.89. The van der Waals surface area contributed by atoms with Gasteiger partial charge in [0.15, 0.2) is 28.2 Å². The van der Waals surface area contributed by atoms with Gasteiger partial charge < -0.3 is 18.8 Å². The number of rotatable bonds is 11. The standard InChI is InChI=1S/C34H34F2N4O3S/c1-33(2,23-6-12-29(41-3)30(18-23)42-4)31-20-38-32(40(31)25-9-7-24(35)8-10-25)44-34(14-5-15-34)21-43-28-13-11-26(19-27(28)36)39-17-16-37-22-39/h6-13,16-20,22H,5,14-15,21H2,1-4H3. The molecule has 1 aliphatic rings. The first-order valence-corrected chi connectivity index (χ1v) is 15.2. The second kappa shape index (κ2) is 12.0. The molecule has 1 saturated carbocycles. The Morgan fingerprint density at radius 2 is 1.64 bits per heavy atom. The third-order valence-corrected chi connectivity index (χ3v) is 9.77. The first-order valence-electron chi connectivity index (χ1n) is 14.4. The lowest BCUT2D eigenvalue weighted by molar-refractivity contribution is 0.203. The van der Waals surface area contributed by atoms with Crippen molar-refractivity contribution in [3.63, 3.8) is 0 Å². The Balaban J connectivity index is 1.32. The van der Waals surface area contributed by atoms with Crippen LogP contribution in [0.25, 0.3) is 11.4 Å². The third-order valence-electron chi connectivity index (χ3n) is 8.34. The van der Waals surface area contributed by atoms with Crippen LogP contribution in [0.1, 0.15) is 44.4 Å². The van der Waals surface area contributed by atoms with Gasteiger partial charge in [0.25, 0.3) is 0 Å². The van der Waals surface area contributed by atoms with Crippen LogP contribution in [0.2, 0.25) is 0 Å². The second-order valence-electron chi connectivity index (χ2n) is 11.4. The van der Waals surface area contributed by atoms with Crippen molar-refractivity contribution in [1.82, 2.24) is 19.1 Å². The minimum atomic E-state index is -0.511. The van der Waals surface area contributed by atoms with Gasteiger partial charge in [-0.3, -0.25) is 4.57 Å². The van der Waals surface area contributed by atoms with Crippen molar-refractivity contribution in [2.75, 3.05) is 20.8 Å². The molecule has 0 unspecified atom stereocenters. The molecule has 5 aromatic rings. The van der Waals surface area contributed by atoms with E-state index in [1.54, 1.807) is 67.5 Å². The maximum Gasteiger partial charge on any atom is 0.173 e. The Morgan fingerprint density at radius 3 is 2.27 bits per heavy atom. The molecule has 2 aromatic heterocycles. The lowest BCUT2D eigenvalue weighted by atomic mass is 9.81. The van der Waals surface area contributed by atoms with E-state index in [0.717, 1.165) is 41.4 Å². The highest BCUT2D eigenvalue weighted by molar-refractivity contribution is 8.00. The Morgan fingerprint density at radius 1 is 0.909 bits per heavy atom. The van der Waals surface area contributed by atoms with Gasteiger partial charge in [0.1, 0.15) is 12.4 Å². The van der Waals surface area contributed by atoms with Crippen molar-refractivity contribution in [1.29, 1.82) is 0 Å². The third kappa shape index (κ3) is 5.66. The van der Waals surface area contributed by atoms with Crippen LogP contribution in [-0.2, 0) is 5.41 Å². The maximum atomic E-state index is 15.1. The minimum Gasteiger partial charge on any atom is -0.493 e. The zero-order valence-electron chi connectivity index (χ0n) is 25.1. The van der Waals surface area contributed by atoms with E-state index in [9.17, 15) is 4.39 Å². The van der Waals surface area contributed by atoms with Crippen LogP contribution in [0.5, 0.6) is 17.2 Å². The molecule has 44 heavy (non-hydrogen) atoms. The molecule has 1 aliphatic carbocycles. The number of thioether (sulfide) groups is 1. The number of hydrogen-bond donors (Lipinski definition) is 0. The zero-order valence-corrected chi connectivity index (χ0v) is 25.9. The fourth-order valence-corrected chi connectivity index (χ4v) is 6.89. The minimum absolute atomic E-state index is 0.206. The fourth-order valence-electron chi connectivity index (χ4n) is 5.49. The lowest BCUT2D eigenvalue weighted by Gasteiger charge is -2.40. The van der Waals surface area contributed by atoms with Crippen LogP contribution in [0.3, 0.4) is 0 Å². The molecule has 0 aliphatic heterocycles. The summed E-state index contributed by atoms with van der Waals surface area (Å²) in [7, 11) is 3.23. The van der Waals surface area contributed by atoms with Crippen LogP contribution in [-0.4, -0.2) is 44.7 Å². The molecule has 0 amide bonds. The molecule has 0 radical (unpaired) electrons. The van der Waals surface area contributed by atoms with E-state index in [1.807, 2.05) is 30.5 Å². The molecule has 0 N–H and O–H groups in total. The van der Waals surface area contributed by atoms with Crippen molar-refractivity contribution in [2.24, 2.45) is 0 Å². The van der Waals surface area contributed by atoms with Gasteiger partial charge in [-0.2, -0.15) is 0 Å². The largest absolute Gasteiger partial charge is 0.493 e. The van der Waals surface area contributed by atoms with Crippen molar-refractivity contribution < 1.29 is 23.0 Å². The van der Waals surface area contributed by atoms with Crippen molar-refractivity contribution in [3.05, 3.63) is 108 Å². The average molecular weight is 617 g/mol. The van der Waals surface area contributed by atoms with Gasteiger partial charge >= 0.3 is 0 Å². The number of methoxy groups -OCH3 is 2. The van der Waals surface area contributed by atoms with E-state index in [4.69, 9.17) is 19.2 Å². The van der Waals surface area contributed by atoms with E-state index in [-0.39, 0.29) is 16.3 Å². The lowest BCUT2D eigenvalue weighted by Crippen LogP contribution is -2.40. The summed E-state index contributed by atoms with van der Waals surface area (Å²) in [5, 5.41) is 0.763. The number of nitrogens with zero attached hydrogens (tertiary/aromatic N) is 4. The molecule has 10 heteroatoms. The van der Waals surface area contributed by atoms with Gasteiger partial charge in [-0.25, -0.2) is 18.7 Å². The van der Waals surface area contributed by atoms with Gasteiger partial charge in [-0.15, -0.1) is 0 Å². The first kappa shape index (κ1) is 29.7. The van der Waals surface area contributed by atoms with Crippen molar-refractivity contribution >= 4 is 11.8 Å². The second-order valence-corrected chi connectivity index (χ2v) is 12.9. The van der Waals surface area contributed by atoms with Crippen LogP contribution in [0.15, 0.2) is 90.7 Å². The number of aromatic nitrogens is 4. The highest BCUT2D eigenvalue weighted by atomic mass is 32.2. The summed E-state index contributed by atoms with van der Waals surface area (Å²) in [6, 6.07) is 17.2. The van der Waals surface area contributed by atoms with Crippen LogP contribution in [0.4, 0.5) is 8.78 Å².